The molecule has 0 saturated heterocycles. The van der Waals surface area contributed by atoms with Gasteiger partial charge in [-0.1, -0.05) is 66.2 Å². The lowest BCUT2D eigenvalue weighted by atomic mass is 9.91. The Balaban J connectivity index is 1.25. The Morgan fingerprint density at radius 2 is 1.56 bits per heavy atom. The van der Waals surface area contributed by atoms with Crippen molar-refractivity contribution in [3.05, 3.63) is 95.6 Å². The lowest BCUT2D eigenvalue weighted by Crippen LogP contribution is -2.31. The lowest BCUT2D eigenvalue weighted by molar-refractivity contribution is 0.0951. The maximum Gasteiger partial charge on any atom is 0.251 e. The fourth-order valence-corrected chi connectivity index (χ4v) is 4.23. The van der Waals surface area contributed by atoms with Crippen molar-refractivity contribution in [3.8, 4) is 16.9 Å². The molecule has 0 spiro atoms. The molecular formula is C30H34N2O2. The molecule has 1 N–H and O–H groups in total. The molecular weight excluding hydrogens is 420 g/mol. The molecule has 4 nitrogen and oxygen atoms in total. The van der Waals surface area contributed by atoms with Gasteiger partial charge in [-0.3, -0.25) is 4.79 Å². The van der Waals surface area contributed by atoms with E-state index in [9.17, 15) is 4.79 Å². The van der Waals surface area contributed by atoms with Gasteiger partial charge in [-0.05, 0) is 80.7 Å². The zero-order valence-corrected chi connectivity index (χ0v) is 20.2. The minimum atomic E-state index is -0.0438. The minimum absolute atomic E-state index is 0.0438. The Labute approximate surface area is 203 Å². The van der Waals surface area contributed by atoms with Crippen LogP contribution in [0.15, 0.2) is 84.4 Å². The van der Waals surface area contributed by atoms with Crippen molar-refractivity contribution in [2.24, 2.45) is 0 Å². The number of nitrogens with one attached hydrogen (secondary N) is 1. The van der Waals surface area contributed by atoms with E-state index in [1.165, 1.54) is 22.3 Å². The van der Waals surface area contributed by atoms with Crippen LogP contribution >= 0.6 is 0 Å². The number of hydrogen-bond acceptors (Lipinski definition) is 3. The molecule has 3 aromatic carbocycles. The third-order valence-corrected chi connectivity index (χ3v) is 6.23. The second kappa shape index (κ2) is 11.7. The molecule has 1 fully saturated rings. The lowest BCUT2D eigenvalue weighted by Gasteiger charge is -2.25. The monoisotopic (exact) mass is 454 g/mol. The Kier molecular flexibility index (Phi) is 8.16. The standard InChI is InChI=1S/C30H34N2O2/c1-32(2)21-20-31-30(33)27-14-18-29(19-15-27)34-28-16-10-24(11-17-28)22-23-8-12-26(13-9-23)25-6-4-3-5-7-25/h3-9,12-15,18-19,22,28H,10-11,16-17,20-21H2,1-2H3,(H,31,33). The summed E-state index contributed by atoms with van der Waals surface area (Å²) in [5.74, 6) is 0.788. The highest BCUT2D eigenvalue weighted by molar-refractivity contribution is 5.94. The van der Waals surface area contributed by atoms with Gasteiger partial charge in [0.25, 0.3) is 5.91 Å². The Morgan fingerprint density at radius 1 is 0.912 bits per heavy atom. The molecule has 0 bridgehead atoms. The Bertz CT molecular complexity index is 1080. The first-order valence-electron chi connectivity index (χ1n) is 12.1. The Hall–Kier alpha value is -3.37. The molecule has 0 unspecified atom stereocenters. The quantitative estimate of drug-likeness (QED) is 0.450. The number of hydrogen-bond donors (Lipinski definition) is 1. The number of amides is 1. The van der Waals surface area contributed by atoms with E-state index < -0.39 is 0 Å². The predicted octanol–water partition coefficient (Wildman–Crippen LogP) is 6.05. The average molecular weight is 455 g/mol. The number of allylic oxidation sites excluding steroid dienone is 1. The van der Waals surface area contributed by atoms with Crippen molar-refractivity contribution in [3.63, 3.8) is 0 Å². The van der Waals surface area contributed by atoms with E-state index in [0.717, 1.165) is 38.0 Å². The molecule has 0 aromatic heterocycles. The largest absolute Gasteiger partial charge is 0.490 e. The molecule has 0 aliphatic heterocycles. The normalized spacial score (nSPS) is 15.7. The second-order valence-corrected chi connectivity index (χ2v) is 9.19. The van der Waals surface area contributed by atoms with Gasteiger partial charge in [-0.15, -0.1) is 0 Å². The van der Waals surface area contributed by atoms with Crippen LogP contribution < -0.4 is 10.1 Å². The van der Waals surface area contributed by atoms with Crippen LogP contribution in [0.1, 0.15) is 41.6 Å². The SMILES string of the molecule is CN(C)CCNC(=O)c1ccc(OC2CCC(=Cc3ccc(-c4ccccc4)cc3)CC2)cc1. The third-order valence-electron chi connectivity index (χ3n) is 6.23. The average Bonchev–Trinajstić information content (AvgIpc) is 2.86. The summed E-state index contributed by atoms with van der Waals surface area (Å²) in [4.78, 5) is 14.3. The molecule has 1 saturated carbocycles. The van der Waals surface area contributed by atoms with E-state index in [-0.39, 0.29) is 12.0 Å². The van der Waals surface area contributed by atoms with Crippen LogP contribution in [0.3, 0.4) is 0 Å². The van der Waals surface area contributed by atoms with Crippen LogP contribution in [0.4, 0.5) is 0 Å². The fourth-order valence-electron chi connectivity index (χ4n) is 4.23. The molecule has 3 aromatic rings. The number of carbonyl (C=O) groups is 1. The van der Waals surface area contributed by atoms with Crippen molar-refractivity contribution in [1.82, 2.24) is 10.2 Å². The van der Waals surface area contributed by atoms with Crippen molar-refractivity contribution >= 4 is 12.0 Å². The highest BCUT2D eigenvalue weighted by atomic mass is 16.5. The van der Waals surface area contributed by atoms with Crippen molar-refractivity contribution in [2.45, 2.75) is 31.8 Å². The number of benzene rings is 3. The van der Waals surface area contributed by atoms with Gasteiger partial charge >= 0.3 is 0 Å². The molecule has 0 atom stereocenters. The van der Waals surface area contributed by atoms with Gasteiger partial charge in [0.05, 0.1) is 6.10 Å². The first kappa shape index (κ1) is 23.8. The van der Waals surface area contributed by atoms with Gasteiger partial charge < -0.3 is 15.0 Å². The summed E-state index contributed by atoms with van der Waals surface area (Å²) < 4.78 is 6.20. The highest BCUT2D eigenvalue weighted by Crippen LogP contribution is 2.29. The molecule has 4 heteroatoms. The fraction of sp³-hybridized carbons (Fsp3) is 0.300. The first-order valence-corrected chi connectivity index (χ1v) is 12.1. The van der Waals surface area contributed by atoms with Crippen LogP contribution in [-0.4, -0.2) is 44.1 Å². The Morgan fingerprint density at radius 3 is 2.21 bits per heavy atom. The predicted molar refractivity (Wildman–Crippen MR) is 140 cm³/mol. The molecule has 1 aliphatic rings. The number of rotatable bonds is 8. The van der Waals surface area contributed by atoms with E-state index >= 15 is 0 Å². The van der Waals surface area contributed by atoms with E-state index in [2.05, 4.69) is 59.9 Å². The molecule has 1 amide bonds. The molecule has 1 aliphatic carbocycles. The van der Waals surface area contributed by atoms with Crippen molar-refractivity contribution < 1.29 is 9.53 Å². The first-order chi connectivity index (χ1) is 16.6. The van der Waals surface area contributed by atoms with Crippen LogP contribution in [0.25, 0.3) is 17.2 Å². The van der Waals surface area contributed by atoms with Crippen LogP contribution in [0, 0.1) is 0 Å². The van der Waals surface area contributed by atoms with Crippen LogP contribution in [-0.2, 0) is 0 Å². The third kappa shape index (κ3) is 6.82. The summed E-state index contributed by atoms with van der Waals surface area (Å²) in [6, 6.07) is 26.8. The van der Waals surface area contributed by atoms with Crippen molar-refractivity contribution in [1.29, 1.82) is 0 Å². The van der Waals surface area contributed by atoms with Crippen molar-refractivity contribution in [2.75, 3.05) is 27.2 Å². The number of likely N-dealkylation sites (N-methyl/N-ethyl adjacent to an activating group) is 1. The summed E-state index contributed by atoms with van der Waals surface area (Å²) in [6.07, 6.45) is 6.68. The van der Waals surface area contributed by atoms with E-state index in [1.807, 2.05) is 49.3 Å². The summed E-state index contributed by atoms with van der Waals surface area (Å²) in [5.41, 5.74) is 5.90. The van der Waals surface area contributed by atoms with E-state index in [4.69, 9.17) is 4.74 Å². The number of nitrogens with zero attached hydrogens (tertiary/aromatic N) is 1. The van der Waals surface area contributed by atoms with E-state index in [0.29, 0.717) is 12.1 Å². The molecule has 176 valence electrons. The van der Waals surface area contributed by atoms with Crippen LogP contribution in [0.2, 0.25) is 0 Å². The summed E-state index contributed by atoms with van der Waals surface area (Å²) >= 11 is 0. The number of ether oxygens (including phenoxy) is 1. The zero-order valence-electron chi connectivity index (χ0n) is 20.2. The van der Waals surface area contributed by atoms with Gasteiger partial charge in [-0.2, -0.15) is 0 Å². The number of carbonyl (C=O) groups excluding carboxylic acids is 1. The highest BCUT2D eigenvalue weighted by Gasteiger charge is 2.18. The molecule has 0 radical (unpaired) electrons. The minimum Gasteiger partial charge on any atom is -0.490 e. The summed E-state index contributed by atoms with van der Waals surface area (Å²) in [5, 5.41) is 2.94. The maximum atomic E-state index is 12.2. The molecule has 34 heavy (non-hydrogen) atoms. The maximum absolute atomic E-state index is 12.2. The molecule has 4 rings (SSSR count). The van der Waals surface area contributed by atoms with Gasteiger partial charge in [0, 0.05) is 18.7 Å². The van der Waals surface area contributed by atoms with Crippen LogP contribution in [0.5, 0.6) is 5.75 Å². The topological polar surface area (TPSA) is 41.6 Å². The molecule has 0 heterocycles. The van der Waals surface area contributed by atoms with Gasteiger partial charge in [0.1, 0.15) is 5.75 Å². The smallest absolute Gasteiger partial charge is 0.251 e. The van der Waals surface area contributed by atoms with Gasteiger partial charge in [-0.25, -0.2) is 0 Å². The zero-order chi connectivity index (χ0) is 23.8. The summed E-state index contributed by atoms with van der Waals surface area (Å²) in [7, 11) is 3.98. The second-order valence-electron chi connectivity index (χ2n) is 9.19. The van der Waals surface area contributed by atoms with Gasteiger partial charge in [0.2, 0.25) is 0 Å². The van der Waals surface area contributed by atoms with E-state index in [1.54, 1.807) is 0 Å². The summed E-state index contributed by atoms with van der Waals surface area (Å²) in [6.45, 7) is 1.46. The van der Waals surface area contributed by atoms with Gasteiger partial charge in [0.15, 0.2) is 0 Å².